The number of rotatable bonds is 5. The summed E-state index contributed by atoms with van der Waals surface area (Å²) in [5, 5.41) is 8.89. The summed E-state index contributed by atoms with van der Waals surface area (Å²) in [6.07, 6.45) is -4.58. The summed E-state index contributed by atoms with van der Waals surface area (Å²) >= 11 is 0. The summed E-state index contributed by atoms with van der Waals surface area (Å²) in [6.45, 7) is 1.59. The predicted octanol–water partition coefficient (Wildman–Crippen LogP) is 3.71. The van der Waals surface area contributed by atoms with Crippen LogP contribution in [0.2, 0.25) is 0 Å². The van der Waals surface area contributed by atoms with Gasteiger partial charge in [-0.3, -0.25) is 0 Å². The van der Waals surface area contributed by atoms with Crippen LogP contribution in [0.1, 0.15) is 11.1 Å². The van der Waals surface area contributed by atoms with Gasteiger partial charge in [-0.15, -0.1) is 5.10 Å². The van der Waals surface area contributed by atoms with Crippen LogP contribution in [0.3, 0.4) is 0 Å². The average molecular weight is 424 g/mol. The molecule has 1 heterocycles. The molecule has 1 unspecified atom stereocenters. The van der Waals surface area contributed by atoms with E-state index < -0.39 is 22.7 Å². The van der Waals surface area contributed by atoms with Crippen LogP contribution in [0.25, 0.3) is 11.1 Å². The molecule has 0 fully saturated rings. The number of aromatic amines is 1. The number of nitrogens with two attached hydrogens (primary N) is 1. The van der Waals surface area contributed by atoms with E-state index in [0.717, 1.165) is 6.07 Å². The fourth-order valence-corrected chi connectivity index (χ4v) is 3.66. The molecule has 4 N–H and O–H groups in total. The van der Waals surface area contributed by atoms with Gasteiger partial charge in [0.1, 0.15) is 11.0 Å². The first-order valence-electron chi connectivity index (χ1n) is 8.42. The van der Waals surface area contributed by atoms with E-state index in [2.05, 4.69) is 20.5 Å². The van der Waals surface area contributed by atoms with Crippen LogP contribution >= 0.6 is 0 Å². The topological polar surface area (TPSA) is 99.9 Å². The number of halogens is 3. The minimum absolute atomic E-state index is 0.0482. The standard InChI is InChI=1S/C18H19F3N6OS/c1-10-8-12(23-17-24-16(22)25-26-17)9-14(18(19,20)21)15(10)11-4-6-13(7-5-11)29(28)27(2)3/h4-9H,1-3H3,(H4,22,23,24,25,26). The van der Waals surface area contributed by atoms with Gasteiger partial charge in [-0.1, -0.05) is 12.1 Å². The van der Waals surface area contributed by atoms with Crippen molar-refractivity contribution in [3.05, 3.63) is 47.5 Å². The molecule has 0 aliphatic carbocycles. The third kappa shape index (κ3) is 4.57. The highest BCUT2D eigenvalue weighted by Gasteiger charge is 2.35. The van der Waals surface area contributed by atoms with Crippen molar-refractivity contribution in [2.24, 2.45) is 0 Å². The van der Waals surface area contributed by atoms with E-state index in [4.69, 9.17) is 5.73 Å². The molecule has 11 heteroatoms. The van der Waals surface area contributed by atoms with Crippen LogP contribution in [-0.2, 0) is 17.2 Å². The Morgan fingerprint density at radius 3 is 2.34 bits per heavy atom. The maximum atomic E-state index is 13.8. The number of benzene rings is 2. The SMILES string of the molecule is Cc1cc(Nc2n[nH]c(N)n2)cc(C(F)(F)F)c1-c1ccc(S(=O)N(C)C)cc1. The maximum absolute atomic E-state index is 13.8. The molecule has 1 atom stereocenters. The molecule has 0 bridgehead atoms. The second-order valence-corrected chi connectivity index (χ2v) is 8.17. The maximum Gasteiger partial charge on any atom is 0.417 e. The first-order chi connectivity index (χ1) is 13.6. The molecule has 0 radical (unpaired) electrons. The summed E-state index contributed by atoms with van der Waals surface area (Å²) in [4.78, 5) is 4.34. The number of nitrogen functional groups attached to an aromatic ring is 1. The molecule has 0 aliphatic heterocycles. The summed E-state index contributed by atoms with van der Waals surface area (Å²) in [6, 6.07) is 8.78. The van der Waals surface area contributed by atoms with Crippen LogP contribution in [0, 0.1) is 6.92 Å². The zero-order valence-electron chi connectivity index (χ0n) is 15.8. The monoisotopic (exact) mass is 424 g/mol. The minimum atomic E-state index is -4.58. The van der Waals surface area contributed by atoms with Crippen molar-refractivity contribution in [1.82, 2.24) is 19.5 Å². The van der Waals surface area contributed by atoms with E-state index in [1.54, 1.807) is 39.2 Å². The number of aryl methyl sites for hydroxylation is 1. The quantitative estimate of drug-likeness (QED) is 0.580. The van der Waals surface area contributed by atoms with E-state index >= 15 is 0 Å². The summed E-state index contributed by atoms with van der Waals surface area (Å²) in [7, 11) is 1.93. The molecule has 0 saturated carbocycles. The van der Waals surface area contributed by atoms with Gasteiger partial charge in [0.15, 0.2) is 0 Å². The van der Waals surface area contributed by atoms with Crippen molar-refractivity contribution >= 4 is 28.6 Å². The highest BCUT2D eigenvalue weighted by Crippen LogP contribution is 2.41. The van der Waals surface area contributed by atoms with Gasteiger partial charge in [-0.25, -0.2) is 13.6 Å². The molecule has 0 saturated heterocycles. The van der Waals surface area contributed by atoms with E-state index in [1.165, 1.54) is 16.4 Å². The Kier molecular flexibility index (Phi) is 5.62. The summed E-state index contributed by atoms with van der Waals surface area (Å²) in [5.74, 6) is 0.116. The van der Waals surface area contributed by atoms with Crippen LogP contribution in [0.15, 0.2) is 41.3 Å². The molecular formula is C18H19F3N6OS. The Morgan fingerprint density at radius 2 is 1.83 bits per heavy atom. The van der Waals surface area contributed by atoms with Crippen LogP contribution in [0.4, 0.5) is 30.8 Å². The molecule has 2 aromatic carbocycles. The van der Waals surface area contributed by atoms with Crippen molar-refractivity contribution in [3.63, 3.8) is 0 Å². The largest absolute Gasteiger partial charge is 0.417 e. The van der Waals surface area contributed by atoms with Gasteiger partial charge in [0.05, 0.1) is 10.5 Å². The summed E-state index contributed by atoms with van der Waals surface area (Å²) < 4.78 is 55.1. The highest BCUT2D eigenvalue weighted by molar-refractivity contribution is 7.82. The molecule has 1 aromatic heterocycles. The van der Waals surface area contributed by atoms with Crippen LogP contribution in [-0.4, -0.2) is 37.8 Å². The molecule has 7 nitrogen and oxygen atoms in total. The van der Waals surface area contributed by atoms with E-state index in [0.29, 0.717) is 16.0 Å². The average Bonchev–Trinajstić information content (AvgIpc) is 3.04. The van der Waals surface area contributed by atoms with Gasteiger partial charge in [-0.05, 0) is 62.0 Å². The molecule has 0 amide bonds. The first-order valence-corrected chi connectivity index (χ1v) is 9.53. The van der Waals surface area contributed by atoms with Gasteiger partial charge in [-0.2, -0.15) is 18.2 Å². The lowest BCUT2D eigenvalue weighted by molar-refractivity contribution is -0.137. The Balaban J connectivity index is 2.05. The third-order valence-electron chi connectivity index (χ3n) is 4.08. The van der Waals surface area contributed by atoms with Crippen molar-refractivity contribution in [3.8, 4) is 11.1 Å². The van der Waals surface area contributed by atoms with Crippen molar-refractivity contribution in [1.29, 1.82) is 0 Å². The van der Waals surface area contributed by atoms with Crippen molar-refractivity contribution in [2.75, 3.05) is 25.1 Å². The van der Waals surface area contributed by atoms with Gasteiger partial charge in [0, 0.05) is 5.69 Å². The molecule has 154 valence electrons. The molecule has 3 aromatic rings. The lowest BCUT2D eigenvalue weighted by Gasteiger charge is -2.18. The lowest BCUT2D eigenvalue weighted by atomic mass is 9.94. The molecule has 3 rings (SSSR count). The van der Waals surface area contributed by atoms with Crippen molar-refractivity contribution < 1.29 is 17.4 Å². The van der Waals surface area contributed by atoms with E-state index in [1.807, 2.05) is 0 Å². The normalized spacial score (nSPS) is 12.9. The highest BCUT2D eigenvalue weighted by atomic mass is 32.2. The fraction of sp³-hybridized carbons (Fsp3) is 0.222. The van der Waals surface area contributed by atoms with Gasteiger partial charge < -0.3 is 11.1 Å². The van der Waals surface area contributed by atoms with Crippen LogP contribution < -0.4 is 11.1 Å². The number of hydrogen-bond acceptors (Lipinski definition) is 5. The zero-order chi connectivity index (χ0) is 21.3. The predicted molar refractivity (Wildman–Crippen MR) is 106 cm³/mol. The lowest BCUT2D eigenvalue weighted by Crippen LogP contribution is -2.15. The fourth-order valence-electron chi connectivity index (χ4n) is 2.87. The number of aromatic nitrogens is 3. The van der Waals surface area contributed by atoms with Gasteiger partial charge >= 0.3 is 6.18 Å². The number of nitrogens with one attached hydrogen (secondary N) is 2. The van der Waals surface area contributed by atoms with Gasteiger partial charge in [0.2, 0.25) is 11.9 Å². The zero-order valence-corrected chi connectivity index (χ0v) is 16.6. The first kappa shape index (κ1) is 20.8. The van der Waals surface area contributed by atoms with Crippen LogP contribution in [0.5, 0.6) is 0 Å². The van der Waals surface area contributed by atoms with E-state index in [-0.39, 0.29) is 23.1 Å². The molecule has 0 spiro atoms. The van der Waals surface area contributed by atoms with E-state index in [9.17, 15) is 17.4 Å². The third-order valence-corrected chi connectivity index (χ3v) is 5.41. The Labute approximate surface area is 167 Å². The molecule has 29 heavy (non-hydrogen) atoms. The summed E-state index contributed by atoms with van der Waals surface area (Å²) in [5.41, 5.74) is 5.66. The number of nitrogens with zero attached hydrogens (tertiary/aromatic N) is 3. The minimum Gasteiger partial charge on any atom is -0.368 e. The van der Waals surface area contributed by atoms with Crippen molar-refractivity contribution in [2.45, 2.75) is 18.0 Å². The molecular weight excluding hydrogens is 405 g/mol. The number of hydrogen-bond donors (Lipinski definition) is 3. The number of alkyl halides is 3. The number of anilines is 3. The number of H-pyrrole nitrogens is 1. The Morgan fingerprint density at radius 1 is 1.17 bits per heavy atom. The van der Waals surface area contributed by atoms with Gasteiger partial charge in [0.25, 0.3) is 0 Å². The second-order valence-electron chi connectivity index (χ2n) is 6.47. The smallest absolute Gasteiger partial charge is 0.368 e. The second kappa shape index (κ2) is 7.84. The molecule has 0 aliphatic rings. The Hall–Kier alpha value is -2.92. The Bertz CT molecular complexity index is 1050.